The molecular formula is C14H17BF3N3O3. The van der Waals surface area contributed by atoms with Gasteiger partial charge in [-0.2, -0.15) is 13.2 Å². The molecule has 6 nitrogen and oxygen atoms in total. The Balaban J connectivity index is 2.72. The van der Waals surface area contributed by atoms with Gasteiger partial charge in [0.25, 0.3) is 0 Å². The van der Waals surface area contributed by atoms with Crippen LogP contribution >= 0.6 is 0 Å². The first kappa shape index (κ1) is 19.7. The van der Waals surface area contributed by atoms with Crippen LogP contribution in [0.2, 0.25) is 0 Å². The molecule has 0 aliphatic heterocycles. The lowest BCUT2D eigenvalue weighted by Crippen LogP contribution is -2.36. The van der Waals surface area contributed by atoms with Crippen molar-refractivity contribution in [1.29, 1.82) is 0 Å². The molecule has 0 saturated heterocycles. The number of carbonyl (C=O) groups excluding carboxylic acids is 2. The summed E-state index contributed by atoms with van der Waals surface area (Å²) in [5.41, 5.74) is -0.186. The highest BCUT2D eigenvalue weighted by molar-refractivity contribution is 6.33. The van der Waals surface area contributed by atoms with Crippen LogP contribution in [-0.4, -0.2) is 38.3 Å². The lowest BCUT2D eigenvalue weighted by atomic mass is 9.95. The predicted molar refractivity (Wildman–Crippen MR) is 84.8 cm³/mol. The normalized spacial score (nSPS) is 11.6. The van der Waals surface area contributed by atoms with Crippen LogP contribution in [0, 0.1) is 0 Å². The van der Waals surface area contributed by atoms with E-state index in [0.717, 1.165) is 0 Å². The van der Waals surface area contributed by atoms with Crippen molar-refractivity contribution in [2.24, 2.45) is 0 Å². The summed E-state index contributed by atoms with van der Waals surface area (Å²) in [6.07, 6.45) is -5.25. The van der Waals surface area contributed by atoms with Crippen molar-refractivity contribution in [3.63, 3.8) is 0 Å². The minimum absolute atomic E-state index is 0.112. The number of anilines is 2. The average Bonchev–Trinajstić information content (AvgIpc) is 2.32. The van der Waals surface area contributed by atoms with Crippen molar-refractivity contribution in [1.82, 2.24) is 5.32 Å². The Morgan fingerprint density at radius 1 is 1.08 bits per heavy atom. The standard InChI is InChI=1S/C14H17BF3N3O3/c1-13(2,3)24-12(23)21-10-5-8(15)4-9(6-10)20-11(22)19-7-14(16,17)18/h4-6H,7H2,1-3H3,(H,21,23)(H2,19,20,22). The number of alkyl halides is 3. The van der Waals surface area contributed by atoms with Gasteiger partial charge in [0.1, 0.15) is 20.0 Å². The molecule has 0 unspecified atom stereocenters. The zero-order valence-corrected chi connectivity index (χ0v) is 13.4. The number of amides is 3. The van der Waals surface area contributed by atoms with Crippen molar-refractivity contribution in [2.75, 3.05) is 17.2 Å². The number of halogens is 3. The maximum absolute atomic E-state index is 12.0. The van der Waals surface area contributed by atoms with Gasteiger partial charge in [-0.3, -0.25) is 5.32 Å². The largest absolute Gasteiger partial charge is 0.444 e. The van der Waals surface area contributed by atoms with Gasteiger partial charge in [0.15, 0.2) is 0 Å². The number of nitrogens with one attached hydrogen (secondary N) is 3. The third-order valence-electron chi connectivity index (χ3n) is 2.31. The van der Waals surface area contributed by atoms with E-state index in [1.807, 2.05) is 0 Å². The molecular weight excluding hydrogens is 326 g/mol. The van der Waals surface area contributed by atoms with Crippen LogP contribution < -0.4 is 21.4 Å². The first-order valence-electron chi connectivity index (χ1n) is 6.86. The first-order chi connectivity index (χ1) is 10.8. The molecule has 1 aromatic rings. The van der Waals surface area contributed by atoms with Crippen molar-refractivity contribution < 1.29 is 27.5 Å². The molecule has 0 aliphatic carbocycles. The van der Waals surface area contributed by atoms with Crippen molar-refractivity contribution in [3.05, 3.63) is 18.2 Å². The molecule has 0 saturated carbocycles. The second kappa shape index (κ2) is 7.46. The molecule has 24 heavy (non-hydrogen) atoms. The fraction of sp³-hybridized carbons (Fsp3) is 0.429. The molecule has 3 N–H and O–H groups in total. The van der Waals surface area contributed by atoms with Gasteiger partial charge in [0.05, 0.1) is 0 Å². The smallest absolute Gasteiger partial charge is 0.412 e. The van der Waals surface area contributed by atoms with E-state index in [4.69, 9.17) is 12.6 Å². The van der Waals surface area contributed by atoms with E-state index in [1.54, 1.807) is 26.1 Å². The van der Waals surface area contributed by atoms with Crippen LogP contribution in [0.1, 0.15) is 20.8 Å². The number of urea groups is 1. The fourth-order valence-electron chi connectivity index (χ4n) is 1.57. The van der Waals surface area contributed by atoms with Gasteiger partial charge in [-0.05, 0) is 39.0 Å². The van der Waals surface area contributed by atoms with Crippen molar-refractivity contribution >= 4 is 36.8 Å². The maximum atomic E-state index is 12.0. The zero-order chi connectivity index (χ0) is 18.5. The fourth-order valence-corrected chi connectivity index (χ4v) is 1.57. The Bertz CT molecular complexity index is 616. The van der Waals surface area contributed by atoms with E-state index in [1.165, 1.54) is 18.2 Å². The number of rotatable bonds is 3. The summed E-state index contributed by atoms with van der Waals surface area (Å²) in [4.78, 5) is 23.1. The van der Waals surface area contributed by atoms with Gasteiger partial charge >= 0.3 is 18.3 Å². The third kappa shape index (κ3) is 8.30. The van der Waals surface area contributed by atoms with Gasteiger partial charge in [-0.15, -0.1) is 0 Å². The minimum atomic E-state index is -4.52. The maximum Gasteiger partial charge on any atom is 0.412 e. The number of benzene rings is 1. The van der Waals surface area contributed by atoms with Crippen LogP contribution in [0.3, 0.4) is 0 Å². The van der Waals surface area contributed by atoms with E-state index in [0.29, 0.717) is 0 Å². The Morgan fingerprint density at radius 2 is 1.62 bits per heavy atom. The van der Waals surface area contributed by atoms with Crippen LogP contribution in [0.25, 0.3) is 0 Å². The van der Waals surface area contributed by atoms with Gasteiger partial charge < -0.3 is 15.4 Å². The summed E-state index contributed by atoms with van der Waals surface area (Å²) >= 11 is 0. The highest BCUT2D eigenvalue weighted by Gasteiger charge is 2.27. The van der Waals surface area contributed by atoms with Crippen LogP contribution in [-0.2, 0) is 4.74 Å². The molecule has 130 valence electrons. The number of ether oxygens (including phenoxy) is 1. The molecule has 0 aliphatic rings. The van der Waals surface area contributed by atoms with Gasteiger partial charge in [-0.1, -0.05) is 5.46 Å². The number of hydrogen-bond acceptors (Lipinski definition) is 3. The van der Waals surface area contributed by atoms with Crippen LogP contribution in [0.15, 0.2) is 18.2 Å². The van der Waals surface area contributed by atoms with E-state index < -0.39 is 30.4 Å². The molecule has 0 fully saturated rings. The summed E-state index contributed by atoms with van der Waals surface area (Å²) in [5.74, 6) is 0. The zero-order valence-electron chi connectivity index (χ0n) is 13.4. The SMILES string of the molecule is [B]c1cc(NC(=O)NCC(F)(F)F)cc(NC(=O)OC(C)(C)C)c1. The monoisotopic (exact) mass is 343 g/mol. The molecule has 0 spiro atoms. The summed E-state index contributed by atoms with van der Waals surface area (Å²) in [6.45, 7) is 3.59. The molecule has 10 heteroatoms. The van der Waals surface area contributed by atoms with Crippen LogP contribution in [0.4, 0.5) is 34.1 Å². The molecule has 0 aromatic heterocycles. The molecule has 1 rings (SSSR count). The Morgan fingerprint density at radius 3 is 2.12 bits per heavy atom. The molecule has 0 atom stereocenters. The van der Waals surface area contributed by atoms with Crippen molar-refractivity contribution in [3.8, 4) is 0 Å². The molecule has 3 amide bonds. The van der Waals surface area contributed by atoms with E-state index in [9.17, 15) is 22.8 Å². The summed E-state index contributed by atoms with van der Waals surface area (Å²) in [6, 6.07) is 3.00. The topological polar surface area (TPSA) is 79.5 Å². The van der Waals surface area contributed by atoms with Crippen LogP contribution in [0.5, 0.6) is 0 Å². The second-order valence-corrected chi connectivity index (χ2v) is 5.89. The number of hydrogen-bond donors (Lipinski definition) is 3. The summed E-state index contributed by atoms with van der Waals surface area (Å²) in [5, 5.41) is 6.27. The highest BCUT2D eigenvalue weighted by Crippen LogP contribution is 2.16. The molecule has 0 bridgehead atoms. The molecule has 1 aromatic carbocycles. The third-order valence-corrected chi connectivity index (χ3v) is 2.31. The van der Waals surface area contributed by atoms with Gasteiger partial charge in [0.2, 0.25) is 0 Å². The van der Waals surface area contributed by atoms with E-state index >= 15 is 0 Å². The lowest BCUT2D eigenvalue weighted by Gasteiger charge is -2.20. The Hall–Kier alpha value is -2.39. The van der Waals surface area contributed by atoms with Gasteiger partial charge in [-0.25, -0.2) is 9.59 Å². The highest BCUT2D eigenvalue weighted by atomic mass is 19.4. The van der Waals surface area contributed by atoms with E-state index in [-0.39, 0.29) is 16.8 Å². The Kier molecular flexibility index (Phi) is 6.11. The quantitative estimate of drug-likeness (QED) is 0.738. The average molecular weight is 343 g/mol. The number of carbonyl (C=O) groups is 2. The summed E-state index contributed by atoms with van der Waals surface area (Å²) < 4.78 is 41.2. The minimum Gasteiger partial charge on any atom is -0.444 e. The second-order valence-electron chi connectivity index (χ2n) is 5.89. The molecule has 0 heterocycles. The molecule has 2 radical (unpaired) electrons. The summed E-state index contributed by atoms with van der Waals surface area (Å²) in [7, 11) is 5.64. The van der Waals surface area contributed by atoms with Crippen molar-refractivity contribution in [2.45, 2.75) is 32.5 Å². The lowest BCUT2D eigenvalue weighted by molar-refractivity contribution is -0.122. The predicted octanol–water partition coefficient (Wildman–Crippen LogP) is 2.51. The van der Waals surface area contributed by atoms with Gasteiger partial charge in [0, 0.05) is 11.4 Å². The first-order valence-corrected chi connectivity index (χ1v) is 6.86. The van der Waals surface area contributed by atoms with E-state index in [2.05, 4.69) is 10.6 Å². The Labute approximate surface area is 138 Å².